The molecule has 1 aliphatic heterocycles. The second-order valence-electron chi connectivity index (χ2n) is 9.31. The van der Waals surface area contributed by atoms with Crippen molar-refractivity contribution in [2.75, 3.05) is 18.1 Å². The maximum atomic E-state index is 13.0. The molecule has 0 radical (unpaired) electrons. The first-order chi connectivity index (χ1) is 15.1. The lowest BCUT2D eigenvalue weighted by molar-refractivity contribution is -0.126. The molecule has 1 N–H and O–H groups in total. The highest BCUT2D eigenvalue weighted by Crippen LogP contribution is 2.36. The molecule has 1 atom stereocenters. The van der Waals surface area contributed by atoms with Crippen LogP contribution < -0.4 is 10.1 Å². The highest BCUT2D eigenvalue weighted by atomic mass is 32.2. The molecule has 1 aliphatic carbocycles. The minimum Gasteiger partial charge on any atom is -0.479 e. The molecule has 1 aromatic heterocycles. The number of aromatic nitrogens is 2. The summed E-state index contributed by atoms with van der Waals surface area (Å²) in [4.78, 5) is 13.0. The van der Waals surface area contributed by atoms with E-state index in [4.69, 9.17) is 15.1 Å². The lowest BCUT2D eigenvalue weighted by Gasteiger charge is -2.39. The number of rotatable bonds is 6. The van der Waals surface area contributed by atoms with Crippen molar-refractivity contribution in [3.63, 3.8) is 0 Å². The van der Waals surface area contributed by atoms with Crippen molar-refractivity contribution in [2.24, 2.45) is 5.92 Å². The van der Waals surface area contributed by atoms with E-state index in [1.54, 1.807) is 6.92 Å². The molecule has 0 bridgehead atoms. The number of sulfone groups is 1. The molecule has 4 rings (SSSR count). The van der Waals surface area contributed by atoms with Crippen LogP contribution in [-0.4, -0.2) is 47.8 Å². The van der Waals surface area contributed by atoms with Gasteiger partial charge < -0.3 is 10.1 Å². The Morgan fingerprint density at radius 1 is 1.41 bits per heavy atom. The van der Waals surface area contributed by atoms with Crippen LogP contribution >= 0.6 is 0 Å². The molecule has 170 valence electrons. The van der Waals surface area contributed by atoms with E-state index >= 15 is 0 Å². The Morgan fingerprint density at radius 3 is 2.81 bits per heavy atom. The van der Waals surface area contributed by atoms with Gasteiger partial charge in [0.1, 0.15) is 11.8 Å². The summed E-state index contributed by atoms with van der Waals surface area (Å²) in [5, 5.41) is 16.6. The van der Waals surface area contributed by atoms with E-state index in [2.05, 4.69) is 19.2 Å². The van der Waals surface area contributed by atoms with E-state index < -0.39 is 15.4 Å². The molecule has 9 heteroatoms. The van der Waals surface area contributed by atoms with Crippen LogP contribution in [0.4, 0.5) is 0 Å². The molecule has 0 spiro atoms. The quantitative estimate of drug-likeness (QED) is 0.714. The van der Waals surface area contributed by atoms with Gasteiger partial charge in [-0.05, 0) is 45.7 Å². The van der Waals surface area contributed by atoms with Crippen LogP contribution in [0.5, 0.6) is 5.75 Å². The molecule has 0 unspecified atom stereocenters. The second-order valence-corrected chi connectivity index (χ2v) is 11.4. The van der Waals surface area contributed by atoms with E-state index in [0.717, 1.165) is 22.5 Å². The highest BCUT2D eigenvalue weighted by molar-refractivity contribution is 7.93. The number of carbonyl (C=O) groups excluding carboxylic acids is 1. The van der Waals surface area contributed by atoms with Crippen molar-refractivity contribution in [3.05, 3.63) is 35.5 Å². The van der Waals surface area contributed by atoms with E-state index in [1.807, 2.05) is 35.0 Å². The predicted molar refractivity (Wildman–Crippen MR) is 120 cm³/mol. The molecule has 1 amide bonds. The normalized spacial score (nSPS) is 20.7. The van der Waals surface area contributed by atoms with E-state index in [0.29, 0.717) is 25.0 Å². The molecule has 1 saturated heterocycles. The summed E-state index contributed by atoms with van der Waals surface area (Å²) in [5.74, 6) is 0.325. The Balaban J connectivity index is 1.58. The molecule has 2 heterocycles. The van der Waals surface area contributed by atoms with Gasteiger partial charge in [-0.3, -0.25) is 9.48 Å². The monoisotopic (exact) mass is 456 g/mol. The fourth-order valence-corrected chi connectivity index (χ4v) is 6.77. The average molecular weight is 457 g/mol. The molecule has 1 fully saturated rings. The van der Waals surface area contributed by atoms with Crippen molar-refractivity contribution >= 4 is 15.7 Å². The number of amides is 1. The number of ether oxygens (including phenoxy) is 1. The van der Waals surface area contributed by atoms with Gasteiger partial charge >= 0.3 is 0 Å². The minimum absolute atomic E-state index is 0.00198. The molecule has 8 nitrogen and oxygen atoms in total. The van der Waals surface area contributed by atoms with Gasteiger partial charge in [-0.25, -0.2) is 8.42 Å². The summed E-state index contributed by atoms with van der Waals surface area (Å²) in [6, 6.07) is 9.67. The van der Waals surface area contributed by atoms with Gasteiger partial charge in [0.25, 0.3) is 0 Å². The fourth-order valence-electron chi connectivity index (χ4n) is 4.77. The smallest absolute Gasteiger partial charge is 0.223 e. The molecule has 0 saturated carbocycles. The minimum atomic E-state index is -3.03. The average Bonchev–Trinajstić information content (AvgIpc) is 3.10. The van der Waals surface area contributed by atoms with Crippen molar-refractivity contribution in [1.29, 1.82) is 5.26 Å². The van der Waals surface area contributed by atoms with Gasteiger partial charge in [0.15, 0.2) is 16.4 Å². The van der Waals surface area contributed by atoms with Crippen molar-refractivity contribution in [3.8, 4) is 23.1 Å². The topological polar surface area (TPSA) is 114 Å². The second kappa shape index (κ2) is 8.24. The first-order valence-corrected chi connectivity index (χ1v) is 12.7. The van der Waals surface area contributed by atoms with Gasteiger partial charge in [-0.1, -0.05) is 12.1 Å². The summed E-state index contributed by atoms with van der Waals surface area (Å²) in [6.45, 7) is 5.90. The zero-order valence-electron chi connectivity index (χ0n) is 18.6. The lowest BCUT2D eigenvalue weighted by Crippen LogP contribution is -2.64. The van der Waals surface area contributed by atoms with Crippen molar-refractivity contribution in [2.45, 2.75) is 51.6 Å². The number of carbonyl (C=O) groups is 1. The molecular weight excluding hydrogens is 428 g/mol. The van der Waals surface area contributed by atoms with Gasteiger partial charge in [0, 0.05) is 35.2 Å². The first kappa shape index (κ1) is 22.3. The number of benzene rings is 1. The van der Waals surface area contributed by atoms with Gasteiger partial charge in [0.2, 0.25) is 5.91 Å². The number of fused-ring (bicyclic) bond motifs is 1. The largest absolute Gasteiger partial charge is 0.479 e. The third-order valence-corrected chi connectivity index (χ3v) is 8.23. The Hall–Kier alpha value is -2.86. The predicted octanol–water partition coefficient (Wildman–Crippen LogP) is 2.44. The zero-order valence-corrected chi connectivity index (χ0v) is 19.4. The molecule has 2 aliphatic rings. The fraction of sp³-hybridized carbons (Fsp3) is 0.522. The van der Waals surface area contributed by atoms with E-state index in [9.17, 15) is 13.2 Å². The van der Waals surface area contributed by atoms with Crippen LogP contribution in [0.1, 0.15) is 44.5 Å². The Bertz CT molecular complexity index is 1180. The van der Waals surface area contributed by atoms with Gasteiger partial charge in [0.05, 0.1) is 22.7 Å². The highest BCUT2D eigenvalue weighted by Gasteiger charge is 2.46. The summed E-state index contributed by atoms with van der Waals surface area (Å²) in [6.07, 6.45) is 1.97. The summed E-state index contributed by atoms with van der Waals surface area (Å²) < 4.78 is 30.6. The molecular formula is C23H28N4O4S. The van der Waals surface area contributed by atoms with Gasteiger partial charge in [-0.2, -0.15) is 10.4 Å². The Morgan fingerprint density at radius 2 is 2.16 bits per heavy atom. The van der Waals surface area contributed by atoms with Crippen molar-refractivity contribution in [1.82, 2.24) is 15.1 Å². The van der Waals surface area contributed by atoms with Crippen LogP contribution in [-0.2, 0) is 27.5 Å². The summed E-state index contributed by atoms with van der Waals surface area (Å²) in [5.41, 5.74) is 3.33. The van der Waals surface area contributed by atoms with E-state index in [-0.39, 0.29) is 36.0 Å². The number of nitriles is 1. The standard InChI is InChI=1S/C23H28N4O4S/c1-15(2)27-20-12-17(22(28)25-23(3)13-32(29,30)14-23)7-8-19(20)21(26-27)16-5-4-6-18(11-16)31-10-9-24/h4-6,11,15,17H,7-8,10,12-14H2,1-3H3,(H,25,28)/t17-/m1/s1. The Labute approximate surface area is 188 Å². The number of nitrogens with zero attached hydrogens (tertiary/aromatic N) is 3. The van der Waals surface area contributed by atoms with Crippen LogP contribution in [0, 0.1) is 17.2 Å². The number of hydrogen-bond acceptors (Lipinski definition) is 6. The third kappa shape index (κ3) is 4.37. The maximum Gasteiger partial charge on any atom is 0.223 e. The maximum absolute atomic E-state index is 13.0. The van der Waals surface area contributed by atoms with Crippen LogP contribution in [0.15, 0.2) is 24.3 Å². The molecule has 32 heavy (non-hydrogen) atoms. The third-order valence-electron chi connectivity index (χ3n) is 6.07. The SMILES string of the molecule is CC(C)n1nc(-c2cccc(OCC#N)c2)c2c1C[C@H](C(=O)NC1(C)CS(=O)(=O)C1)CC2. The number of nitrogens with one attached hydrogen (secondary N) is 1. The Kier molecular flexibility index (Phi) is 5.76. The van der Waals surface area contributed by atoms with Crippen LogP contribution in [0.3, 0.4) is 0 Å². The van der Waals surface area contributed by atoms with Crippen LogP contribution in [0.2, 0.25) is 0 Å². The van der Waals surface area contributed by atoms with Crippen LogP contribution in [0.25, 0.3) is 11.3 Å². The first-order valence-electron chi connectivity index (χ1n) is 10.8. The van der Waals surface area contributed by atoms with Crippen molar-refractivity contribution < 1.29 is 17.9 Å². The van der Waals surface area contributed by atoms with Gasteiger partial charge in [-0.15, -0.1) is 0 Å². The molecule has 2 aromatic rings. The zero-order chi connectivity index (χ0) is 23.1. The lowest BCUT2D eigenvalue weighted by atomic mass is 9.84. The summed E-state index contributed by atoms with van der Waals surface area (Å²) in [7, 11) is -3.03. The number of hydrogen-bond donors (Lipinski definition) is 1. The van der Waals surface area contributed by atoms with E-state index in [1.165, 1.54) is 0 Å². The molecule has 1 aromatic carbocycles. The summed E-state index contributed by atoms with van der Waals surface area (Å²) >= 11 is 0.